The highest BCUT2D eigenvalue weighted by molar-refractivity contribution is 5.92. The number of esters is 1. The van der Waals surface area contributed by atoms with Gasteiger partial charge < -0.3 is 15.4 Å². The molecule has 0 fully saturated rings. The molecule has 0 heterocycles. The van der Waals surface area contributed by atoms with Crippen LogP contribution in [0, 0.1) is 5.41 Å². The van der Waals surface area contributed by atoms with Crippen molar-refractivity contribution in [3.63, 3.8) is 0 Å². The van der Waals surface area contributed by atoms with E-state index in [0.29, 0.717) is 12.8 Å². The number of hydrogen-bond donors (Lipinski definition) is 2. The number of amides is 1. The van der Waals surface area contributed by atoms with Crippen molar-refractivity contribution in [1.82, 2.24) is 10.6 Å². The summed E-state index contributed by atoms with van der Waals surface area (Å²) in [7, 11) is 0. The van der Waals surface area contributed by atoms with Gasteiger partial charge >= 0.3 is 5.97 Å². The van der Waals surface area contributed by atoms with Crippen LogP contribution in [0.1, 0.15) is 39.2 Å². The summed E-state index contributed by atoms with van der Waals surface area (Å²) in [5, 5.41) is 5.58. The number of ketones is 1. The van der Waals surface area contributed by atoms with Gasteiger partial charge in [-0.3, -0.25) is 9.59 Å². The second-order valence-electron chi connectivity index (χ2n) is 7.39. The van der Waals surface area contributed by atoms with Gasteiger partial charge in [-0.05, 0) is 24.3 Å². The number of carbonyl (C=O) groups excluding carboxylic acids is 3. The predicted molar refractivity (Wildman–Crippen MR) is 98.0 cm³/mol. The molecule has 1 unspecified atom stereocenters. The van der Waals surface area contributed by atoms with E-state index in [2.05, 4.69) is 10.6 Å². The molecule has 0 saturated carbocycles. The third-order valence-corrected chi connectivity index (χ3v) is 4.09. The van der Waals surface area contributed by atoms with E-state index in [4.69, 9.17) is 4.74 Å². The maximum Gasteiger partial charge on any atom is 0.328 e. The van der Waals surface area contributed by atoms with Crippen LogP contribution in [0.25, 0.3) is 0 Å². The van der Waals surface area contributed by atoms with Crippen LogP contribution in [-0.4, -0.2) is 30.2 Å². The second kappa shape index (κ2) is 8.65. The van der Waals surface area contributed by atoms with Gasteiger partial charge in [0, 0.05) is 18.2 Å². The molecule has 1 aromatic carbocycles. The molecule has 6 nitrogen and oxygen atoms in total. The minimum Gasteiger partial charge on any atom is -0.459 e. The maximum atomic E-state index is 12.0. The van der Waals surface area contributed by atoms with Crippen molar-refractivity contribution in [2.45, 2.75) is 46.3 Å². The second-order valence-corrected chi connectivity index (χ2v) is 7.39. The highest BCUT2D eigenvalue weighted by atomic mass is 16.5. The average Bonchev–Trinajstić information content (AvgIpc) is 2.57. The summed E-state index contributed by atoms with van der Waals surface area (Å²) in [6.45, 7) is 5.79. The van der Waals surface area contributed by atoms with E-state index in [1.807, 2.05) is 44.2 Å². The van der Waals surface area contributed by atoms with Crippen molar-refractivity contribution < 1.29 is 19.1 Å². The predicted octanol–water partition coefficient (Wildman–Crippen LogP) is 2.10. The third-order valence-electron chi connectivity index (χ3n) is 4.09. The molecule has 1 aromatic rings. The van der Waals surface area contributed by atoms with Crippen LogP contribution < -0.4 is 10.6 Å². The van der Waals surface area contributed by atoms with E-state index in [1.165, 1.54) is 0 Å². The summed E-state index contributed by atoms with van der Waals surface area (Å²) in [5.74, 6) is -0.761. The van der Waals surface area contributed by atoms with Crippen molar-refractivity contribution in [2.75, 3.05) is 6.54 Å². The molecule has 0 saturated heterocycles. The SMILES string of the molecule is CC(NC(=O)CNC1=CC(=O)CC(C)(C)C1)C(=O)OCc1ccccc1. The molecule has 1 aliphatic carbocycles. The molecule has 0 spiro atoms. The average molecular weight is 358 g/mol. The summed E-state index contributed by atoms with van der Waals surface area (Å²) in [4.78, 5) is 35.7. The summed E-state index contributed by atoms with van der Waals surface area (Å²) < 4.78 is 5.20. The lowest BCUT2D eigenvalue weighted by molar-refractivity contribution is -0.148. The van der Waals surface area contributed by atoms with Gasteiger partial charge in [-0.25, -0.2) is 4.79 Å². The highest BCUT2D eigenvalue weighted by Crippen LogP contribution is 2.32. The number of rotatable bonds is 7. The van der Waals surface area contributed by atoms with Crippen LogP contribution in [0.4, 0.5) is 0 Å². The summed E-state index contributed by atoms with van der Waals surface area (Å²) >= 11 is 0. The standard InChI is InChI=1S/C20H26N2O4/c1-14(19(25)26-13-15-7-5-4-6-8-15)22-18(24)12-21-16-9-17(23)11-20(2,3)10-16/h4-9,14,21H,10-13H2,1-3H3,(H,22,24). The van der Waals surface area contributed by atoms with Gasteiger partial charge in [0.1, 0.15) is 12.6 Å². The molecule has 1 aliphatic rings. The first-order chi connectivity index (χ1) is 12.2. The van der Waals surface area contributed by atoms with Crippen LogP contribution in [0.3, 0.4) is 0 Å². The van der Waals surface area contributed by atoms with Gasteiger partial charge in [0.25, 0.3) is 0 Å². The molecule has 1 amide bonds. The molecule has 0 bridgehead atoms. The zero-order valence-corrected chi connectivity index (χ0v) is 15.5. The Bertz CT molecular complexity index is 695. The van der Waals surface area contributed by atoms with Crippen molar-refractivity contribution in [3.8, 4) is 0 Å². The Morgan fingerprint density at radius 3 is 2.54 bits per heavy atom. The molecule has 140 valence electrons. The van der Waals surface area contributed by atoms with Crippen molar-refractivity contribution in [2.24, 2.45) is 5.41 Å². The topological polar surface area (TPSA) is 84.5 Å². The first kappa shape index (κ1) is 19.7. The van der Waals surface area contributed by atoms with E-state index < -0.39 is 12.0 Å². The number of ether oxygens (including phenoxy) is 1. The van der Waals surface area contributed by atoms with Gasteiger partial charge in [-0.15, -0.1) is 0 Å². The summed E-state index contributed by atoms with van der Waals surface area (Å²) in [5.41, 5.74) is 1.53. The quantitative estimate of drug-likeness (QED) is 0.729. The first-order valence-corrected chi connectivity index (χ1v) is 8.72. The summed E-state index contributed by atoms with van der Waals surface area (Å²) in [6.07, 6.45) is 2.77. The van der Waals surface area contributed by atoms with Gasteiger partial charge in [0.15, 0.2) is 5.78 Å². The van der Waals surface area contributed by atoms with Crippen LogP contribution >= 0.6 is 0 Å². The number of benzene rings is 1. The molecular weight excluding hydrogens is 332 g/mol. The first-order valence-electron chi connectivity index (χ1n) is 8.72. The van der Waals surface area contributed by atoms with Crippen molar-refractivity contribution in [3.05, 3.63) is 47.7 Å². The van der Waals surface area contributed by atoms with Crippen LogP contribution in [0.2, 0.25) is 0 Å². The van der Waals surface area contributed by atoms with E-state index >= 15 is 0 Å². The van der Waals surface area contributed by atoms with Gasteiger partial charge in [0.05, 0.1) is 6.54 Å². The molecule has 0 aliphatic heterocycles. The largest absolute Gasteiger partial charge is 0.459 e. The van der Waals surface area contributed by atoms with Crippen LogP contribution in [-0.2, 0) is 25.7 Å². The molecule has 2 rings (SSSR count). The summed E-state index contributed by atoms with van der Waals surface area (Å²) in [6, 6.07) is 8.60. The van der Waals surface area contributed by atoms with Crippen LogP contribution in [0.5, 0.6) is 0 Å². The zero-order valence-electron chi connectivity index (χ0n) is 15.5. The number of hydrogen-bond acceptors (Lipinski definition) is 5. The Kier molecular flexibility index (Phi) is 6.55. The number of allylic oxidation sites excluding steroid dienone is 2. The monoisotopic (exact) mass is 358 g/mol. The fraction of sp³-hybridized carbons (Fsp3) is 0.450. The molecule has 6 heteroatoms. The Labute approximate surface area is 154 Å². The molecular formula is C20H26N2O4. The van der Waals surface area contributed by atoms with Crippen LogP contribution in [0.15, 0.2) is 42.1 Å². The Morgan fingerprint density at radius 1 is 1.19 bits per heavy atom. The van der Waals surface area contributed by atoms with E-state index in [-0.39, 0.29) is 30.3 Å². The lowest BCUT2D eigenvalue weighted by Crippen LogP contribution is -2.44. The Morgan fingerprint density at radius 2 is 1.88 bits per heavy atom. The highest BCUT2D eigenvalue weighted by Gasteiger charge is 2.27. The molecule has 26 heavy (non-hydrogen) atoms. The molecule has 2 N–H and O–H groups in total. The number of nitrogens with one attached hydrogen (secondary N) is 2. The zero-order chi connectivity index (χ0) is 19.2. The third kappa shape index (κ3) is 6.35. The van der Waals surface area contributed by atoms with Crippen molar-refractivity contribution >= 4 is 17.7 Å². The lowest BCUT2D eigenvalue weighted by atomic mass is 9.79. The van der Waals surface area contributed by atoms with Gasteiger partial charge in [-0.1, -0.05) is 44.2 Å². The van der Waals surface area contributed by atoms with E-state index in [1.54, 1.807) is 13.0 Å². The van der Waals surface area contributed by atoms with E-state index in [9.17, 15) is 14.4 Å². The maximum absolute atomic E-state index is 12.0. The molecule has 1 atom stereocenters. The molecule has 0 radical (unpaired) electrons. The smallest absolute Gasteiger partial charge is 0.328 e. The normalized spacial score (nSPS) is 17.0. The van der Waals surface area contributed by atoms with Gasteiger partial charge in [0.2, 0.25) is 5.91 Å². The fourth-order valence-electron chi connectivity index (χ4n) is 2.86. The Hall–Kier alpha value is -2.63. The van der Waals surface area contributed by atoms with Gasteiger partial charge in [-0.2, -0.15) is 0 Å². The molecule has 0 aromatic heterocycles. The number of carbonyl (C=O) groups is 3. The Balaban J connectivity index is 1.74. The minimum absolute atomic E-state index is 0.00545. The van der Waals surface area contributed by atoms with E-state index in [0.717, 1.165) is 11.3 Å². The fourth-order valence-corrected chi connectivity index (χ4v) is 2.86. The minimum atomic E-state index is -0.744. The lowest BCUT2D eigenvalue weighted by Gasteiger charge is -2.29. The van der Waals surface area contributed by atoms with Crippen molar-refractivity contribution in [1.29, 1.82) is 0 Å².